The van der Waals surface area contributed by atoms with Gasteiger partial charge in [0.25, 0.3) is 11.7 Å². The number of fused-ring (bicyclic) bond motifs is 1. The molecule has 1 aliphatic carbocycles. The lowest BCUT2D eigenvalue weighted by Crippen LogP contribution is -2.42. The molecule has 1 fully saturated rings. The fourth-order valence-electron chi connectivity index (χ4n) is 4.05. The fourth-order valence-corrected chi connectivity index (χ4v) is 4.91. The maximum Gasteiger partial charge on any atom is 0.285 e. The Kier molecular flexibility index (Phi) is 5.73. The van der Waals surface area contributed by atoms with Crippen molar-refractivity contribution in [3.8, 4) is 0 Å². The quantitative estimate of drug-likeness (QED) is 0.397. The molecule has 2 aromatic rings. The van der Waals surface area contributed by atoms with Gasteiger partial charge in [-0.3, -0.25) is 19.5 Å². The molecule has 165 valence electrons. The number of hydrogen-bond donors (Lipinski definition) is 4. The highest BCUT2D eigenvalue weighted by atomic mass is 32.2. The van der Waals surface area contributed by atoms with Crippen molar-refractivity contribution in [2.24, 2.45) is 16.6 Å². The molecule has 1 aromatic carbocycles. The number of nitrogens with two attached hydrogens (primary N) is 1. The number of nitrogens with one attached hydrogen (secondary N) is 3. The Morgan fingerprint density at radius 1 is 1.31 bits per heavy atom. The molecule has 1 saturated carbocycles. The van der Waals surface area contributed by atoms with E-state index in [0.29, 0.717) is 6.54 Å². The van der Waals surface area contributed by atoms with Gasteiger partial charge in [0, 0.05) is 34.3 Å². The molecule has 1 radical (unpaired) electrons. The third-order valence-corrected chi connectivity index (χ3v) is 6.64. The first-order valence-electron chi connectivity index (χ1n) is 10.7. The molecule has 1 amide bonds. The summed E-state index contributed by atoms with van der Waals surface area (Å²) >= 11 is 1.61. The molecule has 0 saturated heterocycles. The predicted octanol–water partition coefficient (Wildman–Crippen LogP) is 3.04. The maximum absolute atomic E-state index is 12.4. The van der Waals surface area contributed by atoms with Crippen LogP contribution in [-0.4, -0.2) is 38.8 Å². The highest BCUT2D eigenvalue weighted by Gasteiger charge is 2.37. The van der Waals surface area contributed by atoms with Crippen LogP contribution in [0.2, 0.25) is 0 Å². The van der Waals surface area contributed by atoms with Gasteiger partial charge < -0.3 is 11.1 Å². The number of rotatable bonds is 6. The van der Waals surface area contributed by atoms with Gasteiger partial charge >= 0.3 is 0 Å². The van der Waals surface area contributed by atoms with E-state index in [1.807, 2.05) is 54.6 Å². The van der Waals surface area contributed by atoms with Crippen LogP contribution >= 0.6 is 11.9 Å². The summed E-state index contributed by atoms with van der Waals surface area (Å²) in [6.07, 6.45) is 8.33. The number of aliphatic imine (C=N–C) groups is 1. The lowest BCUT2D eigenvalue weighted by atomic mass is 10.1. The number of aryl methyl sites for hydroxylation is 1. The molecule has 32 heavy (non-hydrogen) atoms. The van der Waals surface area contributed by atoms with E-state index in [9.17, 15) is 4.79 Å². The normalized spacial score (nSPS) is 22.5. The highest BCUT2D eigenvalue weighted by Crippen LogP contribution is 2.30. The standard InChI is InChI=1S/C22H26N8OS/c1-14-10-19(28-27-14)26-21-13-29(12-20-24-8-9-30(20)21)32-18-6-4-17(5-7-18)25-22(31)15-2-3-16(23)11-15/h4-10,13,15-16H,2-3,11-12,23H2,1H3,(H,25,31)(H2,26,27,28)/q+1. The van der Waals surface area contributed by atoms with Gasteiger partial charge in [-0.2, -0.15) is 10.1 Å². The zero-order valence-corrected chi connectivity index (χ0v) is 18.6. The largest absolute Gasteiger partial charge is 0.328 e. The van der Waals surface area contributed by atoms with Gasteiger partial charge in [-0.15, -0.1) is 0 Å². The molecular weight excluding hydrogens is 424 g/mol. The smallest absolute Gasteiger partial charge is 0.285 e. The third-order valence-electron chi connectivity index (χ3n) is 5.69. The first-order chi connectivity index (χ1) is 15.5. The number of carbonyl (C=O) groups is 1. The van der Waals surface area contributed by atoms with Crippen LogP contribution in [0.15, 0.2) is 64.6 Å². The van der Waals surface area contributed by atoms with Gasteiger partial charge in [-0.05, 0) is 67.3 Å². The van der Waals surface area contributed by atoms with Gasteiger partial charge in [0.15, 0.2) is 12.0 Å². The van der Waals surface area contributed by atoms with Crippen LogP contribution in [0.1, 0.15) is 25.0 Å². The van der Waals surface area contributed by atoms with Crippen molar-refractivity contribution in [3.63, 3.8) is 0 Å². The zero-order chi connectivity index (χ0) is 22.1. The summed E-state index contributed by atoms with van der Waals surface area (Å²) in [5, 5.41) is 13.6. The third kappa shape index (κ3) is 4.57. The Balaban J connectivity index is 1.24. The van der Waals surface area contributed by atoms with E-state index in [1.165, 1.54) is 0 Å². The van der Waals surface area contributed by atoms with Crippen molar-refractivity contribution in [2.75, 3.05) is 17.2 Å². The first-order valence-corrected chi connectivity index (χ1v) is 11.5. The molecule has 2 aliphatic heterocycles. The molecule has 2 atom stereocenters. The van der Waals surface area contributed by atoms with Crippen molar-refractivity contribution in [1.82, 2.24) is 19.4 Å². The van der Waals surface area contributed by atoms with Crippen LogP contribution in [0.4, 0.5) is 11.5 Å². The minimum Gasteiger partial charge on any atom is -0.328 e. The highest BCUT2D eigenvalue weighted by molar-refractivity contribution is 7.97. The molecule has 0 bridgehead atoms. The van der Waals surface area contributed by atoms with E-state index in [4.69, 9.17) is 5.73 Å². The van der Waals surface area contributed by atoms with Crippen molar-refractivity contribution in [2.45, 2.75) is 37.1 Å². The predicted molar refractivity (Wildman–Crippen MR) is 127 cm³/mol. The van der Waals surface area contributed by atoms with Crippen LogP contribution in [0.3, 0.4) is 0 Å². The SMILES string of the molecule is Cc1cc(NC2=CN(Sc3ccc(NC(=O)C4CCC(N)C4)cc3)CC3=NC=C[N+]23)n[nH]1. The number of carbonyl (C=O) groups excluding carboxylic acids is 1. The topological polar surface area (TPSA) is 117 Å². The van der Waals surface area contributed by atoms with Crippen molar-refractivity contribution in [1.29, 1.82) is 0 Å². The molecule has 0 spiro atoms. The Hall–Kier alpha value is -3.08. The maximum atomic E-state index is 12.4. The summed E-state index contributed by atoms with van der Waals surface area (Å²) in [6.45, 7) is 2.63. The monoisotopic (exact) mass is 450 g/mol. The summed E-state index contributed by atoms with van der Waals surface area (Å²) in [4.78, 5) is 20.0. The van der Waals surface area contributed by atoms with E-state index in [1.54, 1.807) is 18.1 Å². The molecule has 5 rings (SSSR count). The van der Waals surface area contributed by atoms with Gasteiger partial charge in [-0.25, -0.2) is 0 Å². The van der Waals surface area contributed by atoms with Crippen LogP contribution in [0.5, 0.6) is 0 Å². The van der Waals surface area contributed by atoms with E-state index in [2.05, 4.69) is 30.1 Å². The Labute approximate surface area is 191 Å². The lowest BCUT2D eigenvalue weighted by Gasteiger charge is -2.24. The second-order valence-electron chi connectivity index (χ2n) is 8.24. The number of aromatic nitrogens is 2. The lowest BCUT2D eigenvalue weighted by molar-refractivity contribution is -0.119. The average molecular weight is 451 g/mol. The number of amidine groups is 1. The number of anilines is 2. The zero-order valence-electron chi connectivity index (χ0n) is 17.8. The van der Waals surface area contributed by atoms with Gasteiger partial charge in [0.1, 0.15) is 6.54 Å². The number of amides is 1. The molecule has 3 heterocycles. The van der Waals surface area contributed by atoms with E-state index < -0.39 is 0 Å². The molecular formula is C22H26N8OS+. The molecule has 2 unspecified atom stereocenters. The average Bonchev–Trinajstić information content (AvgIpc) is 3.51. The molecule has 10 heteroatoms. The number of H-pyrrole nitrogens is 1. The summed E-state index contributed by atoms with van der Waals surface area (Å²) in [5.74, 6) is 2.65. The second-order valence-corrected chi connectivity index (χ2v) is 9.36. The Bertz CT molecular complexity index is 1090. The minimum atomic E-state index is 0.0190. The van der Waals surface area contributed by atoms with Crippen LogP contribution in [-0.2, 0) is 4.79 Å². The van der Waals surface area contributed by atoms with Crippen molar-refractivity contribution < 1.29 is 4.79 Å². The van der Waals surface area contributed by atoms with Gasteiger partial charge in [0.05, 0.1) is 12.4 Å². The molecule has 9 nitrogen and oxygen atoms in total. The summed E-state index contributed by atoms with van der Waals surface area (Å²) < 4.78 is 2.12. The summed E-state index contributed by atoms with van der Waals surface area (Å²) in [7, 11) is 0. The number of benzene rings is 1. The Morgan fingerprint density at radius 3 is 2.88 bits per heavy atom. The molecule has 3 aliphatic rings. The van der Waals surface area contributed by atoms with Crippen molar-refractivity contribution in [3.05, 3.63) is 60.4 Å². The van der Waals surface area contributed by atoms with Crippen LogP contribution < -0.4 is 21.3 Å². The van der Waals surface area contributed by atoms with E-state index in [0.717, 1.165) is 53.0 Å². The molecule has 1 aromatic heterocycles. The van der Waals surface area contributed by atoms with E-state index >= 15 is 0 Å². The van der Waals surface area contributed by atoms with E-state index in [-0.39, 0.29) is 17.9 Å². The second kappa shape index (κ2) is 8.81. The fraction of sp³-hybridized carbons (Fsp3) is 0.318. The first kappa shape index (κ1) is 20.8. The number of nitrogens with zero attached hydrogens (tertiary/aromatic N) is 4. The molecule has 5 N–H and O–H groups in total. The number of aromatic amines is 1. The summed E-state index contributed by atoms with van der Waals surface area (Å²) in [6, 6.07) is 10.0. The van der Waals surface area contributed by atoms with Crippen molar-refractivity contribution >= 4 is 35.2 Å². The van der Waals surface area contributed by atoms with Crippen LogP contribution in [0.25, 0.3) is 0 Å². The number of hydrogen-bond acceptors (Lipinski definition) is 8. The minimum absolute atomic E-state index is 0.0190. The van der Waals surface area contributed by atoms with Gasteiger partial charge in [0.2, 0.25) is 5.91 Å². The van der Waals surface area contributed by atoms with Gasteiger partial charge in [-0.1, -0.05) is 0 Å². The van der Waals surface area contributed by atoms with Crippen LogP contribution in [0, 0.1) is 12.8 Å². The Morgan fingerprint density at radius 2 is 2.16 bits per heavy atom. The summed E-state index contributed by atoms with van der Waals surface area (Å²) in [5.41, 5.74) is 7.73.